The van der Waals surface area contributed by atoms with Gasteiger partial charge in [0.25, 0.3) is 0 Å². The van der Waals surface area contributed by atoms with Gasteiger partial charge in [0.05, 0.1) is 6.54 Å². The van der Waals surface area contributed by atoms with Gasteiger partial charge in [-0.1, -0.05) is 30.3 Å². The van der Waals surface area contributed by atoms with Crippen LogP contribution in [-0.2, 0) is 0 Å². The number of halogens is 1. The first-order chi connectivity index (χ1) is 7.24. The van der Waals surface area contributed by atoms with Crippen molar-refractivity contribution in [1.82, 2.24) is 15.2 Å². The molecule has 0 bridgehead atoms. The van der Waals surface area contributed by atoms with E-state index in [1.54, 1.807) is 12.1 Å². The maximum absolute atomic E-state index is 11.5. The fraction of sp³-hybridized carbons (Fsp3) is 0.111. The normalized spacial score (nSPS) is 9.40. The van der Waals surface area contributed by atoms with Gasteiger partial charge < -0.3 is 0 Å². The summed E-state index contributed by atoms with van der Waals surface area (Å²) in [5, 5.41) is 0.371. The summed E-state index contributed by atoms with van der Waals surface area (Å²) in [5.41, 5.74) is 6.01. The van der Waals surface area contributed by atoms with Gasteiger partial charge in [0.15, 0.2) is 10.9 Å². The Kier molecular flexibility index (Phi) is 5.23. The summed E-state index contributed by atoms with van der Waals surface area (Å²) in [7, 11) is 0. The summed E-state index contributed by atoms with van der Waals surface area (Å²) >= 11 is 7.73. The summed E-state index contributed by atoms with van der Waals surface area (Å²) in [5.74, 6) is 0.000437. The maximum atomic E-state index is 11.5. The van der Waals surface area contributed by atoms with E-state index in [-0.39, 0.29) is 12.3 Å². The minimum atomic E-state index is 0.000437. The molecule has 0 aromatic heterocycles. The number of hydrogen-bond donors (Lipinski definition) is 3. The molecule has 0 fully saturated rings. The van der Waals surface area contributed by atoms with Gasteiger partial charge in [-0.15, -0.1) is 0 Å². The zero-order valence-electron chi connectivity index (χ0n) is 7.79. The standard InChI is InChI=1S/C9H10BrN3OS/c10-12-9(15)13-11-6-8(14)7-4-2-1-3-5-7/h1-5,11H,6H2,(H2,12,13,15). The van der Waals surface area contributed by atoms with Crippen LogP contribution in [0.2, 0.25) is 0 Å². The van der Waals surface area contributed by atoms with Crippen molar-refractivity contribution in [2.24, 2.45) is 0 Å². The average molecular weight is 288 g/mol. The second-order valence-electron chi connectivity index (χ2n) is 2.69. The van der Waals surface area contributed by atoms with Crippen LogP contribution in [0.4, 0.5) is 0 Å². The third kappa shape index (κ3) is 4.37. The minimum absolute atomic E-state index is 0.000437. The first-order valence-electron chi connectivity index (χ1n) is 4.22. The van der Waals surface area contributed by atoms with E-state index in [0.29, 0.717) is 10.7 Å². The number of carbonyl (C=O) groups is 1. The second-order valence-corrected chi connectivity index (χ2v) is 3.50. The first-order valence-corrected chi connectivity index (χ1v) is 5.42. The lowest BCUT2D eigenvalue weighted by Crippen LogP contribution is -2.43. The largest absolute Gasteiger partial charge is 0.298 e. The van der Waals surface area contributed by atoms with Gasteiger partial charge >= 0.3 is 0 Å². The number of rotatable bonds is 4. The fourth-order valence-corrected chi connectivity index (χ4v) is 1.13. The third-order valence-electron chi connectivity index (χ3n) is 1.63. The zero-order chi connectivity index (χ0) is 11.1. The van der Waals surface area contributed by atoms with Crippen molar-refractivity contribution in [2.75, 3.05) is 6.54 Å². The Morgan fingerprint density at radius 1 is 1.33 bits per heavy atom. The summed E-state index contributed by atoms with van der Waals surface area (Å²) in [6.07, 6.45) is 0. The van der Waals surface area contributed by atoms with E-state index in [4.69, 9.17) is 12.2 Å². The van der Waals surface area contributed by atoms with E-state index in [2.05, 4.69) is 31.3 Å². The Bertz CT molecular complexity index is 344. The molecule has 1 aromatic carbocycles. The average Bonchev–Trinajstić information content (AvgIpc) is 2.29. The molecule has 0 heterocycles. The number of nitrogens with one attached hydrogen (secondary N) is 3. The van der Waals surface area contributed by atoms with Crippen molar-refractivity contribution < 1.29 is 4.79 Å². The Hall–Kier alpha value is -0.980. The number of benzene rings is 1. The van der Waals surface area contributed by atoms with Crippen molar-refractivity contribution in [1.29, 1.82) is 0 Å². The molecule has 0 spiro atoms. The van der Waals surface area contributed by atoms with E-state index in [9.17, 15) is 4.79 Å². The van der Waals surface area contributed by atoms with Crippen LogP contribution >= 0.6 is 28.4 Å². The highest BCUT2D eigenvalue weighted by molar-refractivity contribution is 9.08. The van der Waals surface area contributed by atoms with Crippen molar-refractivity contribution in [3.05, 3.63) is 35.9 Å². The highest BCUT2D eigenvalue weighted by Gasteiger charge is 2.03. The Morgan fingerprint density at radius 3 is 2.60 bits per heavy atom. The molecule has 0 amide bonds. The van der Waals surface area contributed by atoms with Gasteiger partial charge in [-0.3, -0.25) is 14.6 Å². The number of hydrazine groups is 1. The highest BCUT2D eigenvalue weighted by atomic mass is 79.9. The van der Waals surface area contributed by atoms with Crippen molar-refractivity contribution >= 4 is 39.3 Å². The monoisotopic (exact) mass is 287 g/mol. The SMILES string of the molecule is O=C(CNNC(=S)NBr)c1ccccc1. The zero-order valence-corrected chi connectivity index (χ0v) is 10.2. The van der Waals surface area contributed by atoms with Gasteiger partial charge in [0.2, 0.25) is 0 Å². The van der Waals surface area contributed by atoms with E-state index < -0.39 is 0 Å². The molecular weight excluding hydrogens is 278 g/mol. The second kappa shape index (κ2) is 6.49. The molecule has 0 saturated carbocycles. The number of hydrogen-bond acceptors (Lipinski definition) is 3. The van der Waals surface area contributed by atoms with E-state index in [0.717, 1.165) is 0 Å². The molecule has 1 rings (SSSR count). The van der Waals surface area contributed by atoms with Gasteiger partial charge in [-0.2, -0.15) is 0 Å². The molecule has 0 saturated heterocycles. The molecule has 0 aliphatic rings. The number of Topliss-reactive ketones (excluding diaryl/α,β-unsaturated/α-hetero) is 1. The highest BCUT2D eigenvalue weighted by Crippen LogP contribution is 1.98. The predicted molar refractivity (Wildman–Crippen MR) is 66.6 cm³/mol. The van der Waals surface area contributed by atoms with Gasteiger partial charge in [-0.25, -0.2) is 5.43 Å². The molecule has 0 unspecified atom stereocenters. The Morgan fingerprint density at radius 2 is 2.00 bits per heavy atom. The Labute approximate surface area is 102 Å². The van der Waals surface area contributed by atoms with Gasteiger partial charge in [-0.05, 0) is 12.2 Å². The van der Waals surface area contributed by atoms with Crippen LogP contribution in [0.25, 0.3) is 0 Å². The van der Waals surface area contributed by atoms with Crippen molar-refractivity contribution in [3.8, 4) is 0 Å². The van der Waals surface area contributed by atoms with E-state index in [1.165, 1.54) is 0 Å². The lowest BCUT2D eigenvalue weighted by Gasteiger charge is -2.06. The van der Waals surface area contributed by atoms with Crippen LogP contribution in [-0.4, -0.2) is 17.4 Å². The summed E-state index contributed by atoms with van der Waals surface area (Å²) in [6.45, 7) is 0.179. The van der Waals surface area contributed by atoms with Crippen LogP contribution in [0, 0.1) is 0 Å². The molecule has 4 nitrogen and oxygen atoms in total. The van der Waals surface area contributed by atoms with Crippen LogP contribution in [0.15, 0.2) is 30.3 Å². The first kappa shape index (κ1) is 12.1. The predicted octanol–water partition coefficient (Wildman–Crippen LogP) is 1.15. The van der Waals surface area contributed by atoms with Crippen LogP contribution in [0.1, 0.15) is 10.4 Å². The fourth-order valence-electron chi connectivity index (χ4n) is 0.954. The molecule has 1 aromatic rings. The van der Waals surface area contributed by atoms with Crippen LogP contribution in [0.5, 0.6) is 0 Å². The van der Waals surface area contributed by atoms with Crippen LogP contribution < -0.4 is 15.2 Å². The molecule has 0 radical (unpaired) electrons. The summed E-state index contributed by atoms with van der Waals surface area (Å²) in [4.78, 5) is 11.5. The topological polar surface area (TPSA) is 53.2 Å². The summed E-state index contributed by atoms with van der Waals surface area (Å²) in [6, 6.07) is 9.05. The maximum Gasteiger partial charge on any atom is 0.190 e. The molecule has 80 valence electrons. The lowest BCUT2D eigenvalue weighted by molar-refractivity contribution is 0.0989. The Balaban J connectivity index is 2.34. The summed E-state index contributed by atoms with van der Waals surface area (Å²) < 4.78 is 2.54. The van der Waals surface area contributed by atoms with Crippen molar-refractivity contribution in [3.63, 3.8) is 0 Å². The molecule has 6 heteroatoms. The number of thiocarbonyl (C=S) groups is 1. The van der Waals surface area contributed by atoms with Crippen LogP contribution in [0.3, 0.4) is 0 Å². The van der Waals surface area contributed by atoms with E-state index in [1.807, 2.05) is 18.2 Å². The molecule has 15 heavy (non-hydrogen) atoms. The molecule has 0 atom stereocenters. The minimum Gasteiger partial charge on any atom is -0.298 e. The van der Waals surface area contributed by atoms with Gasteiger partial charge in [0, 0.05) is 21.7 Å². The third-order valence-corrected chi connectivity index (χ3v) is 2.50. The number of carbonyl (C=O) groups excluding carboxylic acids is 1. The number of ketones is 1. The lowest BCUT2D eigenvalue weighted by atomic mass is 10.1. The molecule has 3 N–H and O–H groups in total. The van der Waals surface area contributed by atoms with Gasteiger partial charge in [0.1, 0.15) is 0 Å². The molecular formula is C9H10BrN3OS. The van der Waals surface area contributed by atoms with Crippen molar-refractivity contribution in [2.45, 2.75) is 0 Å². The van der Waals surface area contributed by atoms with E-state index >= 15 is 0 Å². The molecule has 0 aliphatic heterocycles. The smallest absolute Gasteiger partial charge is 0.190 e. The quantitative estimate of drug-likeness (QED) is 0.336. The molecule has 0 aliphatic carbocycles.